The van der Waals surface area contributed by atoms with Crippen LogP contribution in [0.1, 0.15) is 17.2 Å². The molecular weight excluding hydrogens is 420 g/mol. The molecule has 1 aromatic heterocycles. The van der Waals surface area contributed by atoms with E-state index in [9.17, 15) is 14.7 Å². The van der Waals surface area contributed by atoms with E-state index in [2.05, 4.69) is 4.98 Å². The second-order valence-electron chi connectivity index (χ2n) is 6.99. The van der Waals surface area contributed by atoms with E-state index in [1.54, 1.807) is 54.6 Å². The minimum absolute atomic E-state index is 0.0174. The number of aromatic nitrogens is 1. The van der Waals surface area contributed by atoms with E-state index in [1.165, 1.54) is 17.3 Å². The monoisotopic (exact) mass is 434 g/mol. The highest BCUT2D eigenvalue weighted by molar-refractivity contribution is 6.51. The second kappa shape index (κ2) is 7.45. The van der Waals surface area contributed by atoms with Gasteiger partial charge in [-0.15, -0.1) is 0 Å². The predicted molar refractivity (Wildman–Crippen MR) is 113 cm³/mol. The Hall–Kier alpha value is -3.84. The van der Waals surface area contributed by atoms with Gasteiger partial charge < -0.3 is 14.6 Å². The van der Waals surface area contributed by atoms with Gasteiger partial charge in [-0.3, -0.25) is 19.5 Å². The number of amides is 1. The SMILES string of the molecule is O=C1C(=O)N(c2ccc3c(c2)OCO3)C(c2ccc(Cl)cc2)/C1=C(\O)c1ccncc1. The van der Waals surface area contributed by atoms with Crippen LogP contribution in [-0.2, 0) is 9.59 Å². The third kappa shape index (κ3) is 3.19. The number of carbonyl (C=O) groups excluding carboxylic acids is 2. The van der Waals surface area contributed by atoms with E-state index in [0.29, 0.717) is 33.3 Å². The average molecular weight is 435 g/mol. The third-order valence-corrected chi connectivity index (χ3v) is 5.47. The number of fused-ring (bicyclic) bond motifs is 1. The summed E-state index contributed by atoms with van der Waals surface area (Å²) in [6.07, 6.45) is 3.00. The maximum atomic E-state index is 13.1. The number of Topliss-reactive ketones (excluding diaryl/α,β-unsaturated/α-hetero) is 1. The lowest BCUT2D eigenvalue weighted by Gasteiger charge is -2.25. The van der Waals surface area contributed by atoms with Crippen LogP contribution in [0.2, 0.25) is 5.02 Å². The summed E-state index contributed by atoms with van der Waals surface area (Å²) in [6.45, 7) is 0.0836. The number of aliphatic hydroxyl groups excluding tert-OH is 1. The summed E-state index contributed by atoms with van der Waals surface area (Å²) in [4.78, 5) is 31.5. The summed E-state index contributed by atoms with van der Waals surface area (Å²) in [6, 6.07) is 14.1. The Morgan fingerprint density at radius 1 is 1.00 bits per heavy atom. The number of hydrogen-bond acceptors (Lipinski definition) is 6. The van der Waals surface area contributed by atoms with Crippen molar-refractivity contribution >= 4 is 34.7 Å². The van der Waals surface area contributed by atoms with Gasteiger partial charge in [-0.2, -0.15) is 0 Å². The van der Waals surface area contributed by atoms with Crippen LogP contribution >= 0.6 is 11.6 Å². The molecule has 1 fully saturated rings. The lowest BCUT2D eigenvalue weighted by molar-refractivity contribution is -0.132. The summed E-state index contributed by atoms with van der Waals surface area (Å²) in [5, 5.41) is 11.5. The fraction of sp³-hybridized carbons (Fsp3) is 0.0870. The van der Waals surface area contributed by atoms with Crippen molar-refractivity contribution < 1.29 is 24.2 Å². The van der Waals surface area contributed by atoms with Crippen molar-refractivity contribution in [3.63, 3.8) is 0 Å². The highest BCUT2D eigenvalue weighted by Gasteiger charge is 2.47. The summed E-state index contributed by atoms with van der Waals surface area (Å²) in [7, 11) is 0. The zero-order chi connectivity index (χ0) is 21.5. The van der Waals surface area contributed by atoms with Crippen molar-refractivity contribution in [2.24, 2.45) is 0 Å². The number of ketones is 1. The van der Waals surface area contributed by atoms with E-state index in [4.69, 9.17) is 21.1 Å². The Bertz CT molecular complexity index is 1220. The standard InChI is InChI=1S/C23H15ClN2O5/c24-15-3-1-13(2-4-15)20-19(21(27)14-7-9-25-10-8-14)22(28)23(29)26(20)16-5-6-17-18(11-16)31-12-30-17/h1-11,20,27H,12H2/b21-19+. The fourth-order valence-corrected chi connectivity index (χ4v) is 3.89. The van der Waals surface area contributed by atoms with Crippen LogP contribution in [0.3, 0.4) is 0 Å². The highest BCUT2D eigenvalue weighted by atomic mass is 35.5. The number of aliphatic hydroxyl groups is 1. The summed E-state index contributed by atoms with van der Waals surface area (Å²) in [5.41, 5.74) is 1.44. The quantitative estimate of drug-likeness (QED) is 0.379. The highest BCUT2D eigenvalue weighted by Crippen LogP contribution is 2.44. The third-order valence-electron chi connectivity index (χ3n) is 5.22. The lowest BCUT2D eigenvalue weighted by Crippen LogP contribution is -2.29. The van der Waals surface area contributed by atoms with Crippen molar-refractivity contribution in [3.05, 3.63) is 88.7 Å². The Balaban J connectivity index is 1.71. The van der Waals surface area contributed by atoms with Crippen LogP contribution in [0.4, 0.5) is 5.69 Å². The molecule has 3 heterocycles. The van der Waals surface area contributed by atoms with Crippen molar-refractivity contribution in [2.75, 3.05) is 11.7 Å². The number of carbonyl (C=O) groups is 2. The number of halogens is 1. The number of pyridine rings is 1. The number of benzene rings is 2. The maximum absolute atomic E-state index is 13.1. The summed E-state index contributed by atoms with van der Waals surface area (Å²) in [5.74, 6) is -0.783. The topological polar surface area (TPSA) is 89.0 Å². The van der Waals surface area contributed by atoms with Crippen molar-refractivity contribution in [1.29, 1.82) is 0 Å². The van der Waals surface area contributed by atoms with Crippen molar-refractivity contribution in [3.8, 4) is 11.5 Å². The minimum Gasteiger partial charge on any atom is -0.507 e. The van der Waals surface area contributed by atoms with Gasteiger partial charge >= 0.3 is 0 Å². The van der Waals surface area contributed by atoms with Gasteiger partial charge in [-0.25, -0.2) is 0 Å². The molecule has 2 aromatic carbocycles. The number of rotatable bonds is 3. The molecule has 7 nitrogen and oxygen atoms in total. The van der Waals surface area contributed by atoms with Gasteiger partial charge in [0.25, 0.3) is 11.7 Å². The van der Waals surface area contributed by atoms with Crippen LogP contribution in [0, 0.1) is 0 Å². The van der Waals surface area contributed by atoms with E-state index in [-0.39, 0.29) is 18.1 Å². The van der Waals surface area contributed by atoms with Gasteiger partial charge in [0.15, 0.2) is 11.5 Å². The molecule has 0 spiro atoms. The zero-order valence-corrected chi connectivity index (χ0v) is 16.7. The molecule has 8 heteroatoms. The summed E-state index contributed by atoms with van der Waals surface area (Å²) < 4.78 is 10.8. The molecule has 31 heavy (non-hydrogen) atoms. The van der Waals surface area contributed by atoms with E-state index in [0.717, 1.165) is 0 Å². The fourth-order valence-electron chi connectivity index (χ4n) is 3.76. The number of ether oxygens (including phenoxy) is 2. The molecule has 1 saturated heterocycles. The molecular formula is C23H15ClN2O5. The van der Waals surface area contributed by atoms with E-state index < -0.39 is 17.7 Å². The van der Waals surface area contributed by atoms with Gasteiger partial charge in [-0.1, -0.05) is 23.7 Å². The van der Waals surface area contributed by atoms with Crippen LogP contribution in [-0.4, -0.2) is 28.6 Å². The molecule has 0 radical (unpaired) electrons. The van der Waals surface area contributed by atoms with Gasteiger partial charge in [0.1, 0.15) is 5.76 Å². The Morgan fingerprint density at radius 2 is 1.71 bits per heavy atom. The first-order chi connectivity index (χ1) is 15.0. The van der Waals surface area contributed by atoms with Crippen LogP contribution < -0.4 is 14.4 Å². The molecule has 3 aromatic rings. The minimum atomic E-state index is -0.856. The molecule has 1 unspecified atom stereocenters. The Kier molecular flexibility index (Phi) is 4.60. The van der Waals surface area contributed by atoms with Crippen LogP contribution in [0.25, 0.3) is 5.76 Å². The lowest BCUT2D eigenvalue weighted by atomic mass is 9.95. The van der Waals surface area contributed by atoms with Gasteiger partial charge in [0.05, 0.1) is 11.6 Å². The molecule has 2 aliphatic heterocycles. The van der Waals surface area contributed by atoms with Crippen LogP contribution in [0.15, 0.2) is 72.6 Å². The van der Waals surface area contributed by atoms with Crippen molar-refractivity contribution in [2.45, 2.75) is 6.04 Å². The largest absolute Gasteiger partial charge is 0.507 e. The second-order valence-corrected chi connectivity index (χ2v) is 7.43. The van der Waals surface area contributed by atoms with E-state index in [1.807, 2.05) is 0 Å². The molecule has 5 rings (SSSR count). The Morgan fingerprint density at radius 3 is 2.45 bits per heavy atom. The molecule has 1 N–H and O–H groups in total. The average Bonchev–Trinajstić information content (AvgIpc) is 3.36. The Labute approximate surface area is 182 Å². The smallest absolute Gasteiger partial charge is 0.300 e. The number of hydrogen-bond donors (Lipinski definition) is 1. The van der Waals surface area contributed by atoms with Crippen LogP contribution in [0.5, 0.6) is 11.5 Å². The zero-order valence-electron chi connectivity index (χ0n) is 16.0. The summed E-state index contributed by atoms with van der Waals surface area (Å²) >= 11 is 6.04. The van der Waals surface area contributed by atoms with Gasteiger partial charge in [-0.05, 0) is 42.0 Å². The van der Waals surface area contributed by atoms with Gasteiger partial charge in [0.2, 0.25) is 6.79 Å². The number of anilines is 1. The molecule has 0 saturated carbocycles. The molecule has 2 aliphatic rings. The normalized spacial score (nSPS) is 19.1. The maximum Gasteiger partial charge on any atom is 0.300 e. The first kappa shape index (κ1) is 19.1. The van der Waals surface area contributed by atoms with Gasteiger partial charge in [0, 0.05) is 34.7 Å². The molecule has 1 atom stereocenters. The molecule has 154 valence electrons. The predicted octanol–water partition coefficient (Wildman–Crippen LogP) is 4.09. The molecule has 0 aliphatic carbocycles. The first-order valence-electron chi connectivity index (χ1n) is 9.41. The molecule has 0 bridgehead atoms. The van der Waals surface area contributed by atoms with E-state index >= 15 is 0 Å². The number of nitrogens with zero attached hydrogens (tertiary/aromatic N) is 2. The van der Waals surface area contributed by atoms with Crippen molar-refractivity contribution in [1.82, 2.24) is 4.98 Å². The molecule has 1 amide bonds. The first-order valence-corrected chi connectivity index (χ1v) is 9.79.